The molecule has 0 amide bonds. The normalized spacial score (nSPS) is 13.5. The molecule has 2 heterocycles. The smallest absolute Gasteiger partial charge is 0.330 e. The Kier molecular flexibility index (Phi) is 4.14. The van der Waals surface area contributed by atoms with Gasteiger partial charge in [0.05, 0.1) is 12.1 Å². The molecule has 0 N–H and O–H groups in total. The molecule has 4 rings (SSSR count). The van der Waals surface area contributed by atoms with Gasteiger partial charge in [-0.25, -0.2) is 4.79 Å². The summed E-state index contributed by atoms with van der Waals surface area (Å²) in [5, 5.41) is 1.24. The van der Waals surface area contributed by atoms with Crippen molar-refractivity contribution in [1.82, 2.24) is 4.57 Å². The summed E-state index contributed by atoms with van der Waals surface area (Å²) in [7, 11) is 0. The minimum Gasteiger partial charge on any atom is -0.463 e. The maximum Gasteiger partial charge on any atom is 0.330 e. The maximum atomic E-state index is 11.6. The molecule has 0 atom stereocenters. The fourth-order valence-corrected chi connectivity index (χ4v) is 3.68. The number of carbonyl (C=O) groups is 1. The zero-order valence-electron chi connectivity index (χ0n) is 14.4. The molecule has 3 heteroatoms. The molecular weight excluding hydrogens is 310 g/mol. The maximum absolute atomic E-state index is 11.6. The van der Waals surface area contributed by atoms with Crippen LogP contribution in [0.15, 0.2) is 54.6 Å². The van der Waals surface area contributed by atoms with E-state index in [0.29, 0.717) is 6.61 Å². The van der Waals surface area contributed by atoms with Crippen molar-refractivity contribution in [2.45, 2.75) is 26.3 Å². The largest absolute Gasteiger partial charge is 0.463 e. The van der Waals surface area contributed by atoms with Crippen molar-refractivity contribution in [2.75, 3.05) is 6.61 Å². The van der Waals surface area contributed by atoms with E-state index in [1.165, 1.54) is 33.8 Å². The summed E-state index contributed by atoms with van der Waals surface area (Å²) in [5.41, 5.74) is 6.25. The van der Waals surface area contributed by atoms with E-state index in [0.717, 1.165) is 24.9 Å². The highest BCUT2D eigenvalue weighted by Gasteiger charge is 2.18. The van der Waals surface area contributed by atoms with Gasteiger partial charge < -0.3 is 9.30 Å². The molecule has 126 valence electrons. The lowest BCUT2D eigenvalue weighted by molar-refractivity contribution is -0.137. The molecule has 0 fully saturated rings. The summed E-state index contributed by atoms with van der Waals surface area (Å²) in [6.07, 6.45) is 5.58. The molecule has 0 spiro atoms. The van der Waals surface area contributed by atoms with E-state index >= 15 is 0 Å². The second-order valence-electron chi connectivity index (χ2n) is 6.35. The third-order valence-electron chi connectivity index (χ3n) is 4.69. The van der Waals surface area contributed by atoms with Gasteiger partial charge in [-0.3, -0.25) is 0 Å². The van der Waals surface area contributed by atoms with Gasteiger partial charge in [0, 0.05) is 23.7 Å². The van der Waals surface area contributed by atoms with Gasteiger partial charge in [0.15, 0.2) is 0 Å². The Balaban J connectivity index is 1.80. The lowest BCUT2D eigenvalue weighted by Gasteiger charge is -2.18. The minimum absolute atomic E-state index is 0.293. The van der Waals surface area contributed by atoms with E-state index < -0.39 is 0 Å². The van der Waals surface area contributed by atoms with Crippen LogP contribution in [0.1, 0.15) is 24.5 Å². The highest BCUT2D eigenvalue weighted by Crippen LogP contribution is 2.35. The van der Waals surface area contributed by atoms with E-state index in [4.69, 9.17) is 4.74 Å². The minimum atomic E-state index is -0.293. The number of aryl methyl sites for hydroxylation is 2. The number of aromatic nitrogens is 1. The molecular formula is C22H21NO2. The Morgan fingerprint density at radius 2 is 2.04 bits per heavy atom. The predicted molar refractivity (Wildman–Crippen MR) is 101 cm³/mol. The SMILES string of the molecule is CCOC(=O)/C=C/c1cc2c3c(c1)cc(-c1ccccc1)n3CCC2. The molecule has 1 aliphatic rings. The molecule has 3 nitrogen and oxygen atoms in total. The van der Waals surface area contributed by atoms with Crippen molar-refractivity contribution in [3.8, 4) is 11.3 Å². The summed E-state index contributed by atoms with van der Waals surface area (Å²) >= 11 is 0. The standard InChI is InChI=1S/C22H21NO2/c1-2-25-21(24)11-10-16-13-18-9-6-12-23-20(15-19(14-16)22(18)23)17-7-4-3-5-8-17/h3-5,7-8,10-11,13-15H,2,6,9,12H2,1H3/b11-10+. The number of hydrogen-bond donors (Lipinski definition) is 0. The number of rotatable bonds is 4. The number of esters is 1. The van der Waals surface area contributed by atoms with Crippen LogP contribution in [0.5, 0.6) is 0 Å². The van der Waals surface area contributed by atoms with Gasteiger partial charge in [-0.2, -0.15) is 0 Å². The average molecular weight is 331 g/mol. The highest BCUT2D eigenvalue weighted by molar-refractivity contribution is 5.93. The van der Waals surface area contributed by atoms with Crippen molar-refractivity contribution >= 4 is 22.9 Å². The van der Waals surface area contributed by atoms with Crippen LogP contribution >= 0.6 is 0 Å². The lowest BCUT2D eigenvalue weighted by Crippen LogP contribution is -2.08. The third-order valence-corrected chi connectivity index (χ3v) is 4.69. The zero-order chi connectivity index (χ0) is 17.2. The Labute approximate surface area is 147 Å². The van der Waals surface area contributed by atoms with Crippen LogP contribution in [0.4, 0.5) is 0 Å². The summed E-state index contributed by atoms with van der Waals surface area (Å²) in [6, 6.07) is 17.1. The van der Waals surface area contributed by atoms with E-state index in [-0.39, 0.29) is 5.97 Å². The van der Waals surface area contributed by atoms with Crippen LogP contribution < -0.4 is 0 Å². The first-order valence-electron chi connectivity index (χ1n) is 8.82. The summed E-state index contributed by atoms with van der Waals surface area (Å²) < 4.78 is 7.40. The summed E-state index contributed by atoms with van der Waals surface area (Å²) in [4.78, 5) is 11.6. The fraction of sp³-hybridized carbons (Fsp3) is 0.227. The second-order valence-corrected chi connectivity index (χ2v) is 6.35. The van der Waals surface area contributed by atoms with E-state index in [1.54, 1.807) is 0 Å². The Morgan fingerprint density at radius 3 is 2.84 bits per heavy atom. The van der Waals surface area contributed by atoms with Gasteiger partial charge in [-0.15, -0.1) is 0 Å². The first kappa shape index (κ1) is 15.7. The van der Waals surface area contributed by atoms with Crippen molar-refractivity contribution in [3.63, 3.8) is 0 Å². The number of hydrogen-bond acceptors (Lipinski definition) is 2. The highest BCUT2D eigenvalue weighted by atomic mass is 16.5. The van der Waals surface area contributed by atoms with Gasteiger partial charge in [0.25, 0.3) is 0 Å². The Hall–Kier alpha value is -2.81. The Morgan fingerprint density at radius 1 is 1.20 bits per heavy atom. The number of benzene rings is 2. The van der Waals surface area contributed by atoms with Crippen molar-refractivity contribution in [2.24, 2.45) is 0 Å². The van der Waals surface area contributed by atoms with Gasteiger partial charge in [0.1, 0.15) is 0 Å². The molecule has 1 aliphatic heterocycles. The quantitative estimate of drug-likeness (QED) is 0.506. The molecule has 1 aromatic heterocycles. The second kappa shape index (κ2) is 6.60. The molecule has 0 saturated carbocycles. The molecule has 25 heavy (non-hydrogen) atoms. The Bertz CT molecular complexity index is 951. The fourth-order valence-electron chi connectivity index (χ4n) is 3.68. The molecule has 0 bridgehead atoms. The monoisotopic (exact) mass is 331 g/mol. The van der Waals surface area contributed by atoms with Crippen LogP contribution in [0, 0.1) is 0 Å². The predicted octanol–water partition coefficient (Wildman–Crippen LogP) is 4.83. The lowest BCUT2D eigenvalue weighted by atomic mass is 10.00. The molecule has 0 unspecified atom stereocenters. The molecule has 0 saturated heterocycles. The van der Waals surface area contributed by atoms with E-state index in [9.17, 15) is 4.79 Å². The summed E-state index contributed by atoms with van der Waals surface area (Å²) in [6.45, 7) is 3.27. The topological polar surface area (TPSA) is 31.2 Å². The molecule has 3 aromatic rings. The van der Waals surface area contributed by atoms with Crippen molar-refractivity contribution < 1.29 is 9.53 Å². The van der Waals surface area contributed by atoms with E-state index in [2.05, 4.69) is 47.0 Å². The average Bonchev–Trinajstić information content (AvgIpc) is 3.01. The van der Waals surface area contributed by atoms with Crippen LogP contribution in [0.25, 0.3) is 28.2 Å². The summed E-state index contributed by atoms with van der Waals surface area (Å²) in [5.74, 6) is -0.293. The van der Waals surface area contributed by atoms with E-state index in [1.807, 2.05) is 19.1 Å². The van der Waals surface area contributed by atoms with Gasteiger partial charge >= 0.3 is 5.97 Å². The van der Waals surface area contributed by atoms with Crippen molar-refractivity contribution in [3.05, 3.63) is 65.7 Å². The first-order valence-corrected chi connectivity index (χ1v) is 8.82. The first-order chi connectivity index (χ1) is 12.3. The molecule has 0 radical (unpaired) electrons. The number of carbonyl (C=O) groups excluding carboxylic acids is 1. The van der Waals surface area contributed by atoms with Crippen molar-refractivity contribution in [1.29, 1.82) is 0 Å². The van der Waals surface area contributed by atoms with Gasteiger partial charge in [0.2, 0.25) is 0 Å². The van der Waals surface area contributed by atoms with Crippen LogP contribution in [-0.4, -0.2) is 17.1 Å². The molecule has 2 aromatic carbocycles. The van der Waals surface area contributed by atoms with Crippen LogP contribution in [0.2, 0.25) is 0 Å². The zero-order valence-corrected chi connectivity index (χ0v) is 14.4. The third kappa shape index (κ3) is 2.98. The van der Waals surface area contributed by atoms with Crippen LogP contribution in [0.3, 0.4) is 0 Å². The van der Waals surface area contributed by atoms with Gasteiger partial charge in [-0.05, 0) is 60.7 Å². The molecule has 0 aliphatic carbocycles. The number of nitrogens with zero attached hydrogens (tertiary/aromatic N) is 1. The van der Waals surface area contributed by atoms with Gasteiger partial charge in [-0.1, -0.05) is 30.3 Å². The van der Waals surface area contributed by atoms with Crippen LogP contribution in [-0.2, 0) is 22.5 Å². The number of ether oxygens (including phenoxy) is 1.